The van der Waals surface area contributed by atoms with Crippen molar-refractivity contribution >= 4 is 22.9 Å². The van der Waals surface area contributed by atoms with Crippen LogP contribution in [0.3, 0.4) is 0 Å². The fraction of sp³-hybridized carbons (Fsp3) is 0.643. The Morgan fingerprint density at radius 1 is 1.11 bits per heavy atom. The molecule has 3 N–H and O–H groups in total. The number of likely N-dealkylation sites (tertiary alicyclic amines) is 1. The summed E-state index contributed by atoms with van der Waals surface area (Å²) in [5.74, 6) is 0.550. The molecule has 0 radical (unpaired) electrons. The van der Waals surface area contributed by atoms with Gasteiger partial charge in [-0.2, -0.15) is 0 Å². The first-order valence-corrected chi connectivity index (χ1v) is 12.9. The van der Waals surface area contributed by atoms with Crippen LogP contribution >= 0.6 is 0 Å². The minimum Gasteiger partial charge on any atom is -0.444 e. The minimum atomic E-state index is -0.513. The molecule has 35 heavy (non-hydrogen) atoms. The summed E-state index contributed by atoms with van der Waals surface area (Å²) in [5, 5.41) is 7.42. The number of fused-ring (bicyclic) bond motifs is 1. The van der Waals surface area contributed by atoms with Gasteiger partial charge in [0.15, 0.2) is 0 Å². The van der Waals surface area contributed by atoms with E-state index in [1.54, 1.807) is 0 Å². The van der Waals surface area contributed by atoms with Crippen LogP contribution in [-0.2, 0) is 16.0 Å². The van der Waals surface area contributed by atoms with Crippen molar-refractivity contribution in [2.24, 2.45) is 11.3 Å². The maximum absolute atomic E-state index is 12.5. The Hall–Kier alpha value is -2.54. The highest BCUT2D eigenvalue weighted by Gasteiger charge is 2.31. The van der Waals surface area contributed by atoms with E-state index in [2.05, 4.69) is 53.4 Å². The fourth-order valence-electron chi connectivity index (χ4n) is 4.63. The summed E-state index contributed by atoms with van der Waals surface area (Å²) in [7, 11) is 0. The summed E-state index contributed by atoms with van der Waals surface area (Å²) in [4.78, 5) is 30.6. The van der Waals surface area contributed by atoms with E-state index in [9.17, 15) is 9.59 Å². The van der Waals surface area contributed by atoms with Crippen LogP contribution in [0.1, 0.15) is 66.4 Å². The predicted molar refractivity (Wildman–Crippen MR) is 141 cm³/mol. The molecule has 2 amide bonds. The van der Waals surface area contributed by atoms with Gasteiger partial charge in [0.2, 0.25) is 5.91 Å². The lowest BCUT2D eigenvalue weighted by atomic mass is 9.85. The maximum Gasteiger partial charge on any atom is 0.407 e. The molecule has 0 aliphatic carbocycles. The minimum absolute atomic E-state index is 0.0123. The number of aromatic nitrogens is 1. The Balaban J connectivity index is 1.39. The highest BCUT2D eigenvalue weighted by atomic mass is 16.6. The molecule has 1 unspecified atom stereocenters. The van der Waals surface area contributed by atoms with Gasteiger partial charge in [0, 0.05) is 42.7 Å². The molecule has 1 atom stereocenters. The normalized spacial score (nSPS) is 16.7. The van der Waals surface area contributed by atoms with Crippen molar-refractivity contribution in [3.05, 3.63) is 36.0 Å². The van der Waals surface area contributed by atoms with E-state index < -0.39 is 5.60 Å². The highest BCUT2D eigenvalue weighted by Crippen LogP contribution is 2.25. The third kappa shape index (κ3) is 8.57. The molecule has 1 saturated heterocycles. The standard InChI is InChI=1S/C28H44N4O3/c1-27(2,3)24(31-26(34)35-28(4,5)6)19-32-15-12-20(13-16-32)17-25(33)29-14-11-21-18-30-23-10-8-7-9-22(21)23/h7-10,18,20,24,30H,11-17,19H2,1-6H3,(H,29,33)(H,31,34). The summed E-state index contributed by atoms with van der Waals surface area (Å²) in [5.41, 5.74) is 1.78. The smallest absolute Gasteiger partial charge is 0.407 e. The summed E-state index contributed by atoms with van der Waals surface area (Å²) in [6, 6.07) is 8.24. The number of alkyl carbamates (subject to hydrolysis) is 1. The lowest BCUT2D eigenvalue weighted by Crippen LogP contribution is -2.53. The van der Waals surface area contributed by atoms with E-state index in [0.717, 1.165) is 44.4 Å². The van der Waals surface area contributed by atoms with Gasteiger partial charge in [-0.1, -0.05) is 39.0 Å². The Labute approximate surface area is 210 Å². The van der Waals surface area contributed by atoms with Gasteiger partial charge in [-0.05, 0) is 76.1 Å². The van der Waals surface area contributed by atoms with Crippen molar-refractivity contribution < 1.29 is 14.3 Å². The van der Waals surface area contributed by atoms with Crippen LogP contribution in [0.2, 0.25) is 0 Å². The molecule has 1 aliphatic heterocycles. The summed E-state index contributed by atoms with van der Waals surface area (Å²) in [6.07, 6.45) is 5.08. The number of amides is 2. The van der Waals surface area contributed by atoms with Crippen molar-refractivity contribution in [1.29, 1.82) is 0 Å². The van der Waals surface area contributed by atoms with Gasteiger partial charge in [-0.15, -0.1) is 0 Å². The second-order valence-electron chi connectivity index (χ2n) is 12.0. The number of H-pyrrole nitrogens is 1. The molecular formula is C28H44N4O3. The monoisotopic (exact) mass is 484 g/mol. The number of carbonyl (C=O) groups is 2. The average molecular weight is 485 g/mol. The zero-order valence-electron chi connectivity index (χ0n) is 22.4. The van der Waals surface area contributed by atoms with E-state index in [1.807, 2.05) is 39.1 Å². The van der Waals surface area contributed by atoms with Crippen molar-refractivity contribution in [1.82, 2.24) is 20.5 Å². The number of para-hydroxylation sites is 1. The number of rotatable bonds is 8. The number of benzene rings is 1. The van der Waals surface area contributed by atoms with Gasteiger partial charge < -0.3 is 25.3 Å². The van der Waals surface area contributed by atoms with Crippen LogP contribution < -0.4 is 10.6 Å². The molecule has 7 nitrogen and oxygen atoms in total. The van der Waals surface area contributed by atoms with Gasteiger partial charge in [0.25, 0.3) is 0 Å². The third-order valence-electron chi connectivity index (χ3n) is 6.75. The molecular weight excluding hydrogens is 440 g/mol. The summed E-state index contributed by atoms with van der Waals surface area (Å²) >= 11 is 0. The molecule has 0 bridgehead atoms. The number of nitrogens with zero attached hydrogens (tertiary/aromatic N) is 1. The Kier molecular flexibility index (Phi) is 8.86. The van der Waals surface area contributed by atoms with Gasteiger partial charge >= 0.3 is 6.09 Å². The van der Waals surface area contributed by atoms with Crippen LogP contribution in [0.5, 0.6) is 0 Å². The van der Waals surface area contributed by atoms with Crippen LogP contribution in [0.15, 0.2) is 30.5 Å². The van der Waals surface area contributed by atoms with E-state index in [1.165, 1.54) is 10.9 Å². The average Bonchev–Trinajstić information content (AvgIpc) is 3.16. The zero-order chi connectivity index (χ0) is 25.6. The Bertz CT molecular complexity index is 978. The molecule has 2 heterocycles. The second kappa shape index (κ2) is 11.5. The van der Waals surface area contributed by atoms with Gasteiger partial charge in [0.05, 0.1) is 0 Å². The van der Waals surface area contributed by atoms with Crippen LogP contribution in [0, 0.1) is 11.3 Å². The Morgan fingerprint density at radius 3 is 2.46 bits per heavy atom. The Morgan fingerprint density at radius 2 is 1.80 bits per heavy atom. The number of aromatic amines is 1. The molecule has 0 saturated carbocycles. The fourth-order valence-corrected chi connectivity index (χ4v) is 4.63. The van der Waals surface area contributed by atoms with E-state index in [-0.39, 0.29) is 23.5 Å². The number of piperidine rings is 1. The first kappa shape index (κ1) is 27.1. The molecule has 3 rings (SSSR count). The van der Waals surface area contributed by atoms with Crippen molar-refractivity contribution in [3.63, 3.8) is 0 Å². The first-order valence-electron chi connectivity index (χ1n) is 12.9. The third-order valence-corrected chi connectivity index (χ3v) is 6.75. The molecule has 1 fully saturated rings. The second-order valence-corrected chi connectivity index (χ2v) is 12.0. The number of carbonyl (C=O) groups excluding carboxylic acids is 2. The molecule has 2 aromatic rings. The number of hydrogen-bond donors (Lipinski definition) is 3. The van der Waals surface area contributed by atoms with Crippen molar-refractivity contribution in [2.45, 2.75) is 78.9 Å². The lowest BCUT2D eigenvalue weighted by molar-refractivity contribution is -0.122. The van der Waals surface area contributed by atoms with Crippen molar-refractivity contribution in [3.8, 4) is 0 Å². The predicted octanol–water partition coefficient (Wildman–Crippen LogP) is 4.87. The summed E-state index contributed by atoms with van der Waals surface area (Å²) < 4.78 is 5.48. The SMILES string of the molecule is CC(C)(C)OC(=O)NC(CN1CCC(CC(=O)NCCc2c[nH]c3ccccc23)CC1)C(C)(C)C. The zero-order valence-corrected chi connectivity index (χ0v) is 22.4. The van der Waals surface area contributed by atoms with Crippen molar-refractivity contribution in [2.75, 3.05) is 26.2 Å². The van der Waals surface area contributed by atoms with Crippen LogP contribution in [0.4, 0.5) is 4.79 Å². The largest absolute Gasteiger partial charge is 0.444 e. The summed E-state index contributed by atoms with van der Waals surface area (Å²) in [6.45, 7) is 15.4. The number of ether oxygens (including phenoxy) is 1. The van der Waals surface area contributed by atoms with Gasteiger partial charge in [-0.3, -0.25) is 4.79 Å². The molecule has 1 aliphatic rings. The van der Waals surface area contributed by atoms with E-state index >= 15 is 0 Å². The maximum atomic E-state index is 12.5. The van der Waals surface area contributed by atoms with E-state index in [4.69, 9.17) is 4.74 Å². The highest BCUT2D eigenvalue weighted by molar-refractivity contribution is 5.83. The molecule has 7 heteroatoms. The van der Waals surface area contributed by atoms with Gasteiger partial charge in [-0.25, -0.2) is 4.79 Å². The molecule has 1 aromatic heterocycles. The molecule has 1 aromatic carbocycles. The molecule has 0 spiro atoms. The van der Waals surface area contributed by atoms with E-state index in [0.29, 0.717) is 18.9 Å². The number of nitrogens with one attached hydrogen (secondary N) is 3. The topological polar surface area (TPSA) is 86.5 Å². The molecule has 194 valence electrons. The van der Waals surface area contributed by atoms with Crippen LogP contribution in [0.25, 0.3) is 10.9 Å². The van der Waals surface area contributed by atoms with Gasteiger partial charge in [0.1, 0.15) is 5.60 Å². The first-order chi connectivity index (χ1) is 16.4. The quantitative estimate of drug-likeness (QED) is 0.499. The van der Waals surface area contributed by atoms with Crippen LogP contribution in [-0.4, -0.2) is 59.7 Å². The number of hydrogen-bond acceptors (Lipinski definition) is 4. The lowest BCUT2D eigenvalue weighted by Gasteiger charge is -2.39.